The number of amides is 1. The van der Waals surface area contributed by atoms with Crippen molar-refractivity contribution in [2.75, 3.05) is 18.0 Å². The summed E-state index contributed by atoms with van der Waals surface area (Å²) in [4.78, 5) is 13.0. The quantitative estimate of drug-likeness (QED) is 0.166. The standard InChI is InChI=1S/C29H28Br2N4O4S/c1-19-5-9-24(10-6-19)34(40(37,38)26-13-14-28(39-4)27(31)16-26)18-29(36)33-32-17-22-15-20(2)35(21(22)3)25-11-7-23(30)8-12-25/h5-17H,18H2,1-4H3,(H,33,36)/b32-17-. The molecule has 11 heteroatoms. The summed E-state index contributed by atoms with van der Waals surface area (Å²) in [6.07, 6.45) is 1.56. The van der Waals surface area contributed by atoms with Gasteiger partial charge in [-0.25, -0.2) is 13.8 Å². The second-order valence-corrected chi connectivity index (χ2v) is 12.7. The van der Waals surface area contributed by atoms with Crippen LogP contribution in [-0.4, -0.2) is 38.8 Å². The molecule has 0 fully saturated rings. The number of aromatic nitrogens is 1. The average Bonchev–Trinajstić information content (AvgIpc) is 3.20. The van der Waals surface area contributed by atoms with Gasteiger partial charge in [0, 0.05) is 27.1 Å². The molecule has 0 unspecified atom stereocenters. The lowest BCUT2D eigenvalue weighted by molar-refractivity contribution is -0.119. The van der Waals surface area contributed by atoms with Gasteiger partial charge in [0.25, 0.3) is 15.9 Å². The second-order valence-electron chi connectivity index (χ2n) is 9.08. The summed E-state index contributed by atoms with van der Waals surface area (Å²) in [6, 6.07) is 21.3. The highest BCUT2D eigenvalue weighted by Crippen LogP contribution is 2.31. The van der Waals surface area contributed by atoms with Crippen LogP contribution in [0.1, 0.15) is 22.5 Å². The van der Waals surface area contributed by atoms with E-state index in [1.807, 2.05) is 51.1 Å². The molecule has 0 aliphatic rings. The molecule has 0 radical (unpaired) electrons. The molecule has 1 aromatic heterocycles. The van der Waals surface area contributed by atoms with Crippen molar-refractivity contribution in [3.8, 4) is 11.4 Å². The maximum absolute atomic E-state index is 13.7. The minimum absolute atomic E-state index is 0.0115. The van der Waals surface area contributed by atoms with Gasteiger partial charge in [0.1, 0.15) is 12.3 Å². The Labute approximate surface area is 251 Å². The van der Waals surface area contributed by atoms with E-state index in [2.05, 4.69) is 47.0 Å². The molecule has 0 saturated heterocycles. The minimum Gasteiger partial charge on any atom is -0.496 e. The van der Waals surface area contributed by atoms with E-state index < -0.39 is 22.5 Å². The van der Waals surface area contributed by atoms with Crippen LogP contribution in [0.25, 0.3) is 5.69 Å². The number of hydrogen-bond acceptors (Lipinski definition) is 5. The third-order valence-electron chi connectivity index (χ3n) is 6.27. The van der Waals surface area contributed by atoms with E-state index in [1.165, 1.54) is 19.2 Å². The van der Waals surface area contributed by atoms with Gasteiger partial charge in [-0.3, -0.25) is 9.10 Å². The number of nitrogens with zero attached hydrogens (tertiary/aromatic N) is 3. The summed E-state index contributed by atoms with van der Waals surface area (Å²) in [5.74, 6) is -0.0953. The summed E-state index contributed by atoms with van der Waals surface area (Å²) >= 11 is 6.80. The van der Waals surface area contributed by atoms with Crippen LogP contribution in [0.15, 0.2) is 91.7 Å². The fraction of sp³-hybridized carbons (Fsp3) is 0.172. The first-order valence-electron chi connectivity index (χ1n) is 12.2. The van der Waals surface area contributed by atoms with Crippen LogP contribution in [0.2, 0.25) is 0 Å². The average molecular weight is 688 g/mol. The molecular weight excluding hydrogens is 660 g/mol. The zero-order chi connectivity index (χ0) is 29.0. The first-order valence-corrected chi connectivity index (χ1v) is 15.2. The van der Waals surface area contributed by atoms with Gasteiger partial charge in [-0.15, -0.1) is 0 Å². The van der Waals surface area contributed by atoms with Gasteiger partial charge in [-0.1, -0.05) is 33.6 Å². The predicted octanol–water partition coefficient (Wildman–Crippen LogP) is 6.28. The molecule has 4 rings (SSSR count). The molecule has 1 heterocycles. The van der Waals surface area contributed by atoms with Gasteiger partial charge in [0.2, 0.25) is 0 Å². The lowest BCUT2D eigenvalue weighted by Gasteiger charge is -2.24. The highest BCUT2D eigenvalue weighted by molar-refractivity contribution is 9.10. The second kappa shape index (κ2) is 12.4. The summed E-state index contributed by atoms with van der Waals surface area (Å²) < 4.78 is 37.2. The number of sulfonamides is 1. The molecule has 0 aliphatic heterocycles. The van der Waals surface area contributed by atoms with Crippen molar-refractivity contribution in [2.45, 2.75) is 25.7 Å². The lowest BCUT2D eigenvalue weighted by atomic mass is 10.2. The number of aryl methyl sites for hydroxylation is 2. The van der Waals surface area contributed by atoms with E-state index in [0.29, 0.717) is 15.9 Å². The van der Waals surface area contributed by atoms with E-state index in [-0.39, 0.29) is 4.90 Å². The van der Waals surface area contributed by atoms with E-state index >= 15 is 0 Å². The summed E-state index contributed by atoms with van der Waals surface area (Å²) in [6.45, 7) is 5.40. The highest BCUT2D eigenvalue weighted by Gasteiger charge is 2.28. The molecule has 40 heavy (non-hydrogen) atoms. The van der Waals surface area contributed by atoms with Crippen molar-refractivity contribution < 1.29 is 17.9 Å². The van der Waals surface area contributed by atoms with E-state index in [9.17, 15) is 13.2 Å². The normalized spacial score (nSPS) is 11.6. The number of anilines is 1. The van der Waals surface area contributed by atoms with Gasteiger partial charge in [0.15, 0.2) is 0 Å². The molecule has 8 nitrogen and oxygen atoms in total. The van der Waals surface area contributed by atoms with Crippen LogP contribution in [-0.2, 0) is 14.8 Å². The fourth-order valence-electron chi connectivity index (χ4n) is 4.21. The summed E-state index contributed by atoms with van der Waals surface area (Å²) in [5, 5.41) is 4.13. The van der Waals surface area contributed by atoms with Gasteiger partial charge in [-0.2, -0.15) is 5.10 Å². The van der Waals surface area contributed by atoms with Gasteiger partial charge in [0.05, 0.1) is 28.4 Å². The molecule has 0 saturated carbocycles. The van der Waals surface area contributed by atoms with E-state index in [0.717, 1.165) is 37.0 Å². The molecular formula is C29H28Br2N4O4S. The predicted molar refractivity (Wildman–Crippen MR) is 165 cm³/mol. The lowest BCUT2D eigenvalue weighted by Crippen LogP contribution is -2.39. The van der Waals surface area contributed by atoms with Crippen LogP contribution in [0.4, 0.5) is 5.69 Å². The highest BCUT2D eigenvalue weighted by atomic mass is 79.9. The smallest absolute Gasteiger partial charge is 0.264 e. The summed E-state index contributed by atoms with van der Waals surface area (Å²) in [7, 11) is -2.60. The van der Waals surface area contributed by atoms with E-state index in [4.69, 9.17) is 4.74 Å². The van der Waals surface area contributed by atoms with Crippen molar-refractivity contribution in [3.05, 3.63) is 104 Å². The van der Waals surface area contributed by atoms with Crippen molar-refractivity contribution in [3.63, 3.8) is 0 Å². The molecule has 1 N–H and O–H groups in total. The Morgan fingerprint density at radius 1 is 1.00 bits per heavy atom. The fourth-order valence-corrected chi connectivity index (χ4v) is 6.61. The van der Waals surface area contributed by atoms with Crippen molar-refractivity contribution >= 4 is 59.7 Å². The Morgan fingerprint density at radius 3 is 2.30 bits per heavy atom. The maximum atomic E-state index is 13.7. The Bertz CT molecular complexity index is 1670. The number of hydrogen-bond donors (Lipinski definition) is 1. The zero-order valence-electron chi connectivity index (χ0n) is 22.4. The first-order chi connectivity index (χ1) is 19.0. The molecule has 0 spiro atoms. The van der Waals surface area contributed by atoms with Crippen LogP contribution in [0.3, 0.4) is 0 Å². The number of benzene rings is 3. The Balaban J connectivity index is 1.56. The molecule has 0 aliphatic carbocycles. The van der Waals surface area contributed by atoms with Crippen LogP contribution < -0.4 is 14.5 Å². The van der Waals surface area contributed by atoms with Crippen molar-refractivity contribution in [1.29, 1.82) is 0 Å². The number of methoxy groups -OCH3 is 1. The van der Waals surface area contributed by atoms with Crippen LogP contribution in [0.5, 0.6) is 5.75 Å². The number of carbonyl (C=O) groups is 1. The number of rotatable bonds is 9. The Kier molecular flexibility index (Phi) is 9.17. The van der Waals surface area contributed by atoms with Gasteiger partial charge >= 0.3 is 0 Å². The van der Waals surface area contributed by atoms with Crippen LogP contribution >= 0.6 is 31.9 Å². The van der Waals surface area contributed by atoms with Gasteiger partial charge in [-0.05, 0) is 97.4 Å². The number of nitrogens with one attached hydrogen (secondary N) is 1. The molecule has 0 atom stereocenters. The zero-order valence-corrected chi connectivity index (χ0v) is 26.3. The number of halogens is 2. The topological polar surface area (TPSA) is 93.0 Å². The minimum atomic E-state index is -4.10. The number of hydrazone groups is 1. The SMILES string of the molecule is COc1ccc(S(=O)(=O)N(CC(=O)N/N=C\c2cc(C)n(-c3ccc(Br)cc3)c2C)c2ccc(C)cc2)cc1Br. The molecule has 3 aromatic carbocycles. The largest absolute Gasteiger partial charge is 0.496 e. The Hall–Kier alpha value is -3.41. The van der Waals surface area contributed by atoms with E-state index in [1.54, 1.807) is 36.5 Å². The van der Waals surface area contributed by atoms with Crippen molar-refractivity contribution in [1.82, 2.24) is 9.99 Å². The monoisotopic (exact) mass is 686 g/mol. The molecule has 4 aromatic rings. The molecule has 208 valence electrons. The summed E-state index contributed by atoms with van der Waals surface area (Å²) in [5.41, 5.74) is 7.59. The first kappa shape index (κ1) is 29.6. The number of ether oxygens (including phenoxy) is 1. The number of carbonyl (C=O) groups excluding carboxylic acids is 1. The third-order valence-corrected chi connectivity index (χ3v) is 9.19. The molecule has 1 amide bonds. The third kappa shape index (κ3) is 6.48. The van der Waals surface area contributed by atoms with Gasteiger partial charge < -0.3 is 9.30 Å². The molecule has 0 bridgehead atoms. The maximum Gasteiger partial charge on any atom is 0.264 e. The van der Waals surface area contributed by atoms with Crippen LogP contribution in [0, 0.1) is 20.8 Å². The van der Waals surface area contributed by atoms with Crippen molar-refractivity contribution in [2.24, 2.45) is 5.10 Å². The Morgan fingerprint density at radius 2 is 1.68 bits per heavy atom.